The summed E-state index contributed by atoms with van der Waals surface area (Å²) in [7, 11) is 0. The van der Waals surface area contributed by atoms with Gasteiger partial charge in [0.15, 0.2) is 0 Å². The highest BCUT2D eigenvalue weighted by Gasteiger charge is 2.12. The van der Waals surface area contributed by atoms with Crippen LogP contribution in [0, 0.1) is 13.8 Å². The summed E-state index contributed by atoms with van der Waals surface area (Å²) >= 11 is 3.45. The van der Waals surface area contributed by atoms with E-state index in [0.717, 1.165) is 76.2 Å². The van der Waals surface area contributed by atoms with Gasteiger partial charge in [-0.15, -0.1) is 0 Å². The molecule has 0 rings (SSSR count). The maximum Gasteiger partial charge on any atom is 0.222 e. The predicted molar refractivity (Wildman–Crippen MR) is 113 cm³/mol. The molecule has 0 saturated carbocycles. The van der Waals surface area contributed by atoms with Crippen molar-refractivity contribution in [1.29, 1.82) is 0 Å². The number of nitrogens with zero attached hydrogens (tertiary/aromatic N) is 1. The molecule has 3 heteroatoms. The second kappa shape index (κ2) is 20.3. The number of carbonyl (C=O) groups is 1. The molecular formula is C22H40BrNO. The Morgan fingerprint density at radius 3 is 1.56 bits per heavy atom. The van der Waals surface area contributed by atoms with Crippen molar-refractivity contribution in [3.63, 3.8) is 0 Å². The summed E-state index contributed by atoms with van der Waals surface area (Å²) in [5, 5.41) is 1.04. The standard InChI is InChI=1S/C22H40BrNO/c1-3-5-7-9-11-16-20-24(21-17-12-10-8-6-4-2)22(25)18-14-13-15-19-23/h1-2H,3-21H2. The van der Waals surface area contributed by atoms with Gasteiger partial charge in [-0.05, 0) is 52.4 Å². The van der Waals surface area contributed by atoms with Crippen LogP contribution in [-0.4, -0.2) is 29.2 Å². The number of halogens is 1. The van der Waals surface area contributed by atoms with E-state index in [1.165, 1.54) is 38.5 Å². The Bertz CT molecular complexity index is 267. The summed E-state index contributed by atoms with van der Waals surface area (Å²) in [4.78, 5) is 14.6. The van der Waals surface area contributed by atoms with Gasteiger partial charge in [0, 0.05) is 24.8 Å². The van der Waals surface area contributed by atoms with Crippen LogP contribution in [-0.2, 0) is 4.79 Å². The van der Waals surface area contributed by atoms with Gasteiger partial charge in [-0.1, -0.05) is 73.7 Å². The minimum absolute atomic E-state index is 0.360. The SMILES string of the molecule is [CH]CCCCCCCN(CCCCCCC[CH])C(=O)CCCCCBr. The van der Waals surface area contributed by atoms with E-state index < -0.39 is 0 Å². The third-order valence-corrected chi connectivity index (χ3v) is 5.20. The summed E-state index contributed by atoms with van der Waals surface area (Å²) < 4.78 is 0. The molecule has 0 spiro atoms. The Morgan fingerprint density at radius 1 is 0.640 bits per heavy atom. The van der Waals surface area contributed by atoms with Crippen LogP contribution in [0.2, 0.25) is 0 Å². The Hall–Kier alpha value is -0.0500. The molecule has 0 aromatic heterocycles. The van der Waals surface area contributed by atoms with Crippen molar-refractivity contribution in [2.24, 2.45) is 0 Å². The first kappa shape index (κ1) is 24.9. The van der Waals surface area contributed by atoms with Crippen LogP contribution in [0.15, 0.2) is 0 Å². The van der Waals surface area contributed by atoms with E-state index in [1.807, 2.05) is 0 Å². The van der Waals surface area contributed by atoms with Gasteiger partial charge in [0.25, 0.3) is 0 Å². The number of unbranched alkanes of at least 4 members (excludes halogenated alkanes) is 12. The van der Waals surface area contributed by atoms with Gasteiger partial charge in [-0.25, -0.2) is 0 Å². The first-order valence-corrected chi connectivity index (χ1v) is 11.6. The lowest BCUT2D eigenvalue weighted by molar-refractivity contribution is -0.131. The lowest BCUT2D eigenvalue weighted by Gasteiger charge is -2.23. The fourth-order valence-electron chi connectivity index (χ4n) is 3.02. The summed E-state index contributed by atoms with van der Waals surface area (Å²) in [6, 6.07) is 0. The summed E-state index contributed by atoms with van der Waals surface area (Å²) in [5.74, 6) is 0.360. The van der Waals surface area contributed by atoms with Gasteiger partial charge in [-0.2, -0.15) is 0 Å². The normalized spacial score (nSPS) is 11.0. The number of hydrogen-bond acceptors (Lipinski definition) is 1. The minimum Gasteiger partial charge on any atom is -0.343 e. The lowest BCUT2D eigenvalue weighted by atomic mass is 10.1. The molecule has 0 atom stereocenters. The summed E-state index contributed by atoms with van der Waals surface area (Å²) in [6.07, 6.45) is 17.5. The van der Waals surface area contributed by atoms with E-state index in [4.69, 9.17) is 13.8 Å². The smallest absolute Gasteiger partial charge is 0.222 e. The fourth-order valence-corrected chi connectivity index (χ4v) is 3.42. The van der Waals surface area contributed by atoms with Crippen molar-refractivity contribution < 1.29 is 4.79 Å². The molecule has 0 aliphatic rings. The first-order chi connectivity index (χ1) is 12.3. The van der Waals surface area contributed by atoms with Crippen LogP contribution in [0.4, 0.5) is 0 Å². The molecule has 0 N–H and O–H groups in total. The van der Waals surface area contributed by atoms with Crippen LogP contribution >= 0.6 is 15.9 Å². The van der Waals surface area contributed by atoms with Crippen molar-refractivity contribution in [2.45, 2.75) is 103 Å². The first-order valence-electron chi connectivity index (χ1n) is 10.5. The van der Waals surface area contributed by atoms with Gasteiger partial charge in [-0.3, -0.25) is 4.79 Å². The van der Waals surface area contributed by atoms with Crippen molar-refractivity contribution in [2.75, 3.05) is 18.4 Å². The number of carbonyl (C=O) groups excluding carboxylic acids is 1. The summed E-state index contributed by atoms with van der Waals surface area (Å²) in [5.41, 5.74) is 0. The molecular weight excluding hydrogens is 374 g/mol. The topological polar surface area (TPSA) is 20.3 Å². The number of rotatable bonds is 19. The predicted octanol–water partition coefficient (Wildman–Crippen LogP) is 6.87. The lowest BCUT2D eigenvalue weighted by Crippen LogP contribution is -2.32. The molecule has 0 aromatic carbocycles. The van der Waals surface area contributed by atoms with Crippen LogP contribution in [0.25, 0.3) is 0 Å². The quantitative estimate of drug-likeness (QED) is 0.167. The highest BCUT2D eigenvalue weighted by atomic mass is 79.9. The van der Waals surface area contributed by atoms with E-state index >= 15 is 0 Å². The third kappa shape index (κ3) is 17.1. The largest absolute Gasteiger partial charge is 0.343 e. The Labute approximate surface area is 166 Å². The number of hydrogen-bond donors (Lipinski definition) is 0. The van der Waals surface area contributed by atoms with Crippen molar-refractivity contribution in [3.05, 3.63) is 13.8 Å². The zero-order chi connectivity index (χ0) is 18.6. The average molecular weight is 414 g/mol. The molecule has 0 saturated heterocycles. The third-order valence-electron chi connectivity index (χ3n) is 4.64. The van der Waals surface area contributed by atoms with E-state index in [9.17, 15) is 4.79 Å². The zero-order valence-electron chi connectivity index (χ0n) is 16.3. The van der Waals surface area contributed by atoms with Crippen molar-refractivity contribution in [3.8, 4) is 0 Å². The molecule has 4 radical (unpaired) electrons. The molecule has 0 unspecified atom stereocenters. The van der Waals surface area contributed by atoms with Gasteiger partial charge >= 0.3 is 0 Å². The van der Waals surface area contributed by atoms with Crippen molar-refractivity contribution in [1.82, 2.24) is 4.90 Å². The fraction of sp³-hybridized carbons (Fsp3) is 0.864. The monoisotopic (exact) mass is 413 g/mol. The van der Waals surface area contributed by atoms with Crippen LogP contribution in [0.5, 0.6) is 0 Å². The molecule has 0 heterocycles. The molecule has 0 bridgehead atoms. The van der Waals surface area contributed by atoms with Gasteiger partial charge in [0.05, 0.1) is 0 Å². The van der Waals surface area contributed by atoms with Crippen LogP contribution < -0.4 is 0 Å². The van der Waals surface area contributed by atoms with Gasteiger partial charge in [0.1, 0.15) is 0 Å². The van der Waals surface area contributed by atoms with Crippen LogP contribution in [0.1, 0.15) is 103 Å². The van der Waals surface area contributed by atoms with Gasteiger partial charge in [0.2, 0.25) is 5.91 Å². The molecule has 0 aromatic rings. The van der Waals surface area contributed by atoms with E-state index in [1.54, 1.807) is 0 Å². The maximum absolute atomic E-state index is 12.5. The summed E-state index contributed by atoms with van der Waals surface area (Å²) in [6.45, 7) is 12.9. The average Bonchev–Trinajstić information content (AvgIpc) is 2.62. The second-order valence-corrected chi connectivity index (χ2v) is 7.79. The van der Waals surface area contributed by atoms with Crippen LogP contribution in [0.3, 0.4) is 0 Å². The van der Waals surface area contributed by atoms with Crippen molar-refractivity contribution >= 4 is 21.8 Å². The Morgan fingerprint density at radius 2 is 1.08 bits per heavy atom. The maximum atomic E-state index is 12.5. The molecule has 1 amide bonds. The minimum atomic E-state index is 0.360. The molecule has 0 aliphatic carbocycles. The molecule has 146 valence electrons. The van der Waals surface area contributed by atoms with E-state index in [2.05, 4.69) is 20.8 Å². The Kier molecular flexibility index (Phi) is 20.2. The zero-order valence-corrected chi connectivity index (χ0v) is 17.9. The molecule has 0 aliphatic heterocycles. The highest BCUT2D eigenvalue weighted by Crippen LogP contribution is 2.11. The molecule has 0 fully saturated rings. The Balaban J connectivity index is 4.00. The second-order valence-electron chi connectivity index (χ2n) is 6.99. The number of alkyl halides is 1. The van der Waals surface area contributed by atoms with E-state index in [-0.39, 0.29) is 0 Å². The van der Waals surface area contributed by atoms with E-state index in [0.29, 0.717) is 12.3 Å². The van der Waals surface area contributed by atoms with Gasteiger partial charge < -0.3 is 4.90 Å². The highest BCUT2D eigenvalue weighted by molar-refractivity contribution is 9.09. The molecule has 2 nitrogen and oxygen atoms in total. The number of amides is 1. The molecule has 25 heavy (non-hydrogen) atoms.